The van der Waals surface area contributed by atoms with E-state index in [4.69, 9.17) is 35.3 Å². The minimum absolute atomic E-state index is 0.0244. The standard InChI is InChI=1S/C46H75ClN2O11/c1-12-32(40(52)53)34-16-15-27(5)43(11,57-34)30(8)37(50)29(7)38(51)33(13-2)39-26(4)25-28(6)45(58-39)20-17-35(49-41(54)48-24-23-47)46(60-45)22-21-42(10,59-46)36-18-19-44(55,14-3)31(9)56-36/h17,20,27-37,39,50,55H,4,12-16,18-19,21-25H2,1-3,5-11H3,(H,52,53)(H2,48,49,54)/t27-,28+,29-,30-,31-,32+,33?,34+,35?,36+,37+,39-,42-,43+,44+,45-,46-/m0/s1. The number of carboxylic acid groups (broad SMARTS) is 1. The third-order valence-electron chi connectivity index (χ3n) is 15.6. The Hall–Kier alpha value is -2.10. The molecule has 14 heteroatoms. The number of nitrogens with one attached hydrogen (secondary N) is 2. The lowest BCUT2D eigenvalue weighted by atomic mass is 9.68. The summed E-state index contributed by atoms with van der Waals surface area (Å²) >= 11 is 5.88. The minimum Gasteiger partial charge on any atom is -0.481 e. The van der Waals surface area contributed by atoms with Crippen LogP contribution in [0.2, 0.25) is 0 Å². The number of hydrogen-bond acceptors (Lipinski definition) is 10. The van der Waals surface area contributed by atoms with Crippen molar-refractivity contribution in [1.29, 1.82) is 0 Å². The van der Waals surface area contributed by atoms with Crippen molar-refractivity contribution in [2.75, 3.05) is 12.4 Å². The highest BCUT2D eigenvalue weighted by Gasteiger charge is 2.63. The van der Waals surface area contributed by atoms with Crippen molar-refractivity contribution in [1.82, 2.24) is 10.6 Å². The van der Waals surface area contributed by atoms with Gasteiger partial charge in [0.25, 0.3) is 0 Å². The zero-order valence-electron chi connectivity index (χ0n) is 37.8. The van der Waals surface area contributed by atoms with Crippen LogP contribution in [0.5, 0.6) is 0 Å². The van der Waals surface area contributed by atoms with E-state index in [1.165, 1.54) is 0 Å². The van der Waals surface area contributed by atoms with E-state index in [1.54, 1.807) is 6.92 Å². The van der Waals surface area contributed by atoms with Crippen molar-refractivity contribution in [3.8, 4) is 0 Å². The summed E-state index contributed by atoms with van der Waals surface area (Å²) in [4.78, 5) is 39.9. The smallest absolute Gasteiger partial charge is 0.315 e. The van der Waals surface area contributed by atoms with E-state index >= 15 is 0 Å². The van der Waals surface area contributed by atoms with E-state index in [1.807, 2.05) is 67.5 Å². The highest BCUT2D eigenvalue weighted by atomic mass is 35.5. The van der Waals surface area contributed by atoms with Gasteiger partial charge in [-0.15, -0.1) is 11.6 Å². The van der Waals surface area contributed by atoms with Gasteiger partial charge in [0.15, 0.2) is 11.6 Å². The topological polar surface area (TPSA) is 182 Å². The number of alkyl halides is 1. The molecule has 0 aromatic heterocycles. The molecule has 0 aromatic carbocycles. The molecule has 0 aliphatic carbocycles. The van der Waals surface area contributed by atoms with Gasteiger partial charge in [-0.3, -0.25) is 9.59 Å². The largest absolute Gasteiger partial charge is 0.481 e. The van der Waals surface area contributed by atoms with Crippen molar-refractivity contribution in [3.05, 3.63) is 24.3 Å². The molecule has 4 fully saturated rings. The van der Waals surface area contributed by atoms with Crippen LogP contribution in [0.15, 0.2) is 24.3 Å². The third kappa shape index (κ3) is 9.26. The number of ketones is 1. The molecule has 0 aromatic rings. The van der Waals surface area contributed by atoms with Gasteiger partial charge in [0.2, 0.25) is 0 Å². The summed E-state index contributed by atoms with van der Waals surface area (Å²) in [5, 5.41) is 38.9. The van der Waals surface area contributed by atoms with Gasteiger partial charge in [0.1, 0.15) is 11.8 Å². The summed E-state index contributed by atoms with van der Waals surface area (Å²) < 4.78 is 34.4. The number of ether oxygens (including phenoxy) is 5. The van der Waals surface area contributed by atoms with Crippen LogP contribution in [-0.2, 0) is 33.3 Å². The van der Waals surface area contributed by atoms with Gasteiger partial charge < -0.3 is 49.6 Å². The zero-order valence-corrected chi connectivity index (χ0v) is 38.5. The van der Waals surface area contributed by atoms with Gasteiger partial charge in [0, 0.05) is 42.5 Å². The Balaban J connectivity index is 1.40. The summed E-state index contributed by atoms with van der Waals surface area (Å²) in [5.74, 6) is -6.40. The number of aliphatic hydroxyl groups is 2. The number of aliphatic hydroxyl groups excluding tert-OH is 1. The predicted molar refractivity (Wildman–Crippen MR) is 228 cm³/mol. The lowest BCUT2D eigenvalue weighted by Gasteiger charge is -2.54. The molecule has 5 aliphatic rings. The molecule has 0 radical (unpaired) electrons. The number of halogens is 1. The van der Waals surface area contributed by atoms with Crippen molar-refractivity contribution >= 4 is 29.4 Å². The molecule has 5 heterocycles. The van der Waals surface area contributed by atoms with Gasteiger partial charge in [-0.1, -0.05) is 61.1 Å². The van der Waals surface area contributed by atoms with E-state index in [2.05, 4.69) is 24.1 Å². The first-order chi connectivity index (χ1) is 28.1. The van der Waals surface area contributed by atoms with E-state index < -0.39 is 94.5 Å². The third-order valence-corrected chi connectivity index (χ3v) is 15.8. The first-order valence-electron chi connectivity index (χ1n) is 22.6. The minimum atomic E-state index is -1.38. The molecule has 2 unspecified atom stereocenters. The fourth-order valence-corrected chi connectivity index (χ4v) is 11.0. The molecule has 17 atom stereocenters. The summed E-state index contributed by atoms with van der Waals surface area (Å²) in [7, 11) is 0. The average molecular weight is 868 g/mol. The van der Waals surface area contributed by atoms with E-state index in [-0.39, 0.29) is 36.1 Å². The van der Waals surface area contributed by atoms with Crippen LogP contribution < -0.4 is 10.6 Å². The van der Waals surface area contributed by atoms with E-state index in [0.29, 0.717) is 57.8 Å². The first kappa shape index (κ1) is 48.9. The number of carbonyl (C=O) groups is 3. The Labute approximate surface area is 363 Å². The maximum absolute atomic E-state index is 14.7. The Bertz CT molecular complexity index is 1600. The Morgan fingerprint density at radius 1 is 0.967 bits per heavy atom. The monoisotopic (exact) mass is 867 g/mol. The van der Waals surface area contributed by atoms with Crippen LogP contribution in [-0.4, -0.2) is 110 Å². The number of aliphatic carboxylic acids is 1. The number of urea groups is 1. The first-order valence-corrected chi connectivity index (χ1v) is 23.2. The molecule has 13 nitrogen and oxygen atoms in total. The molecule has 5 aliphatic heterocycles. The zero-order chi connectivity index (χ0) is 44.6. The Morgan fingerprint density at radius 3 is 2.25 bits per heavy atom. The van der Waals surface area contributed by atoms with Gasteiger partial charge >= 0.3 is 12.0 Å². The average Bonchev–Trinajstić information content (AvgIpc) is 3.55. The quantitative estimate of drug-likeness (QED) is 0.0841. The highest BCUT2D eigenvalue weighted by Crippen LogP contribution is 2.54. The van der Waals surface area contributed by atoms with Gasteiger partial charge in [-0.05, 0) is 96.1 Å². The molecule has 5 rings (SSSR count). The summed E-state index contributed by atoms with van der Waals surface area (Å²) in [6.07, 6.45) is 5.98. The van der Waals surface area contributed by atoms with Crippen LogP contribution in [0.4, 0.5) is 4.79 Å². The number of rotatable bonds is 15. The number of carboxylic acids is 1. The maximum atomic E-state index is 14.7. The molecule has 2 spiro atoms. The second-order valence-corrected chi connectivity index (χ2v) is 19.6. The van der Waals surface area contributed by atoms with Crippen LogP contribution in [0, 0.1) is 35.5 Å². The molecule has 60 heavy (non-hydrogen) atoms. The maximum Gasteiger partial charge on any atom is 0.315 e. The lowest BCUT2D eigenvalue weighted by Crippen LogP contribution is -2.65. The van der Waals surface area contributed by atoms with Gasteiger partial charge in [-0.25, -0.2) is 4.79 Å². The molecular formula is C46H75ClN2O11. The second-order valence-electron chi connectivity index (χ2n) is 19.2. The Kier molecular flexibility index (Phi) is 15.4. The molecule has 0 saturated carbocycles. The SMILES string of the molecule is C=C1C[C@@H](C)[C@@]2(C=CC(NC(=O)NCCCl)[C@]3(CC[C@@](C)([C@H]4CC[C@](O)(CC)[C@H](C)O4)O3)O2)O[C@@H]1C(CC)C(=O)[C@@H](C)[C@@H](O)[C@H](C)[C@]1(C)O[C@@H]([C@@H](CC)C(=O)O)CC[C@@H]1C. The molecule has 0 bridgehead atoms. The van der Waals surface area contributed by atoms with Gasteiger partial charge in [0.05, 0.1) is 53.2 Å². The normalized spacial score (nSPS) is 42.0. The predicted octanol–water partition coefficient (Wildman–Crippen LogP) is 7.04. The van der Waals surface area contributed by atoms with Crippen molar-refractivity contribution in [3.63, 3.8) is 0 Å². The summed E-state index contributed by atoms with van der Waals surface area (Å²) in [6, 6.07) is -1.15. The van der Waals surface area contributed by atoms with Crippen molar-refractivity contribution in [2.45, 2.75) is 198 Å². The molecular weight excluding hydrogens is 792 g/mol. The van der Waals surface area contributed by atoms with Crippen LogP contribution in [0.25, 0.3) is 0 Å². The molecule has 342 valence electrons. The summed E-state index contributed by atoms with van der Waals surface area (Å²) in [6.45, 7) is 23.9. The highest BCUT2D eigenvalue weighted by molar-refractivity contribution is 6.18. The fourth-order valence-electron chi connectivity index (χ4n) is 10.9. The molecule has 5 N–H and O–H groups in total. The number of amides is 2. The van der Waals surface area contributed by atoms with Crippen LogP contribution in [0.1, 0.15) is 133 Å². The van der Waals surface area contributed by atoms with Crippen LogP contribution in [0.3, 0.4) is 0 Å². The second kappa shape index (κ2) is 18.9. The fraction of sp³-hybridized carbons (Fsp3) is 0.848. The van der Waals surface area contributed by atoms with Gasteiger partial charge in [-0.2, -0.15) is 0 Å². The lowest BCUT2D eigenvalue weighted by molar-refractivity contribution is -0.388. The van der Waals surface area contributed by atoms with Crippen molar-refractivity contribution in [2.24, 2.45) is 35.5 Å². The Morgan fingerprint density at radius 2 is 1.65 bits per heavy atom. The molecule has 4 saturated heterocycles. The van der Waals surface area contributed by atoms with E-state index in [0.717, 1.165) is 12.0 Å². The summed E-state index contributed by atoms with van der Waals surface area (Å²) in [5.41, 5.74) is -1.86. The van der Waals surface area contributed by atoms with E-state index in [9.17, 15) is 29.7 Å². The van der Waals surface area contributed by atoms with Crippen LogP contribution >= 0.6 is 11.6 Å². The number of hydrogen-bond donors (Lipinski definition) is 5. The van der Waals surface area contributed by atoms with Crippen molar-refractivity contribution < 1.29 is 53.4 Å². The molecule has 2 amide bonds. The number of carbonyl (C=O) groups excluding carboxylic acids is 2. The number of Topliss-reactive ketones (excluding diaryl/α,β-unsaturated/α-hetero) is 1.